The Morgan fingerprint density at radius 2 is 1.78 bits per heavy atom. The predicted octanol–water partition coefficient (Wildman–Crippen LogP) is 7.72. The molecule has 45 heavy (non-hydrogen) atoms. The van der Waals surface area contributed by atoms with Crippen LogP contribution in [0.25, 0.3) is 5.69 Å². The number of methoxy groups -OCH3 is 1. The molecule has 11 heteroatoms. The van der Waals surface area contributed by atoms with E-state index in [1.165, 1.54) is 19.6 Å². The van der Waals surface area contributed by atoms with Crippen LogP contribution in [0.4, 0.5) is 17.1 Å². The molecule has 2 fully saturated rings. The highest BCUT2D eigenvalue weighted by Gasteiger charge is 2.43. The minimum Gasteiger partial charge on any atom is -0.496 e. The summed E-state index contributed by atoms with van der Waals surface area (Å²) in [5.74, 6) is 1.62. The van der Waals surface area contributed by atoms with Crippen molar-refractivity contribution in [2.75, 3.05) is 30.0 Å². The molecule has 4 heterocycles. The number of hydrogen-bond acceptors (Lipinski definition) is 6. The lowest BCUT2D eigenvalue weighted by molar-refractivity contribution is -0.384. The number of hydrogen-bond donors (Lipinski definition) is 1. The van der Waals surface area contributed by atoms with Crippen LogP contribution in [0, 0.1) is 35.8 Å². The first kappa shape index (κ1) is 30.9. The van der Waals surface area contributed by atoms with Crippen molar-refractivity contribution in [3.8, 4) is 11.4 Å². The van der Waals surface area contributed by atoms with E-state index in [9.17, 15) is 10.1 Å². The lowest BCUT2D eigenvalue weighted by Crippen LogP contribution is -2.38. The number of aryl methyl sites for hydroxylation is 1. The molecule has 6 rings (SSSR count). The number of aromatic nitrogens is 2. The molecule has 1 N–H and O–H groups in total. The van der Waals surface area contributed by atoms with Gasteiger partial charge in [0.2, 0.25) is 0 Å². The third-order valence-corrected chi connectivity index (χ3v) is 9.54. The second kappa shape index (κ2) is 12.3. The van der Waals surface area contributed by atoms with E-state index in [1.54, 1.807) is 18.3 Å². The monoisotopic (exact) mass is 644 g/mol. The van der Waals surface area contributed by atoms with Crippen molar-refractivity contribution in [1.29, 1.82) is 0 Å². The van der Waals surface area contributed by atoms with E-state index >= 15 is 0 Å². The molecule has 4 atom stereocenters. The highest BCUT2D eigenvalue weighted by atomic mass is 35.5. The fourth-order valence-electron chi connectivity index (χ4n) is 7.13. The Kier molecular flexibility index (Phi) is 8.45. The van der Waals surface area contributed by atoms with Gasteiger partial charge in [0.05, 0.1) is 46.6 Å². The maximum absolute atomic E-state index is 12.2. The summed E-state index contributed by atoms with van der Waals surface area (Å²) in [7, 11) is 1.50. The van der Waals surface area contributed by atoms with Gasteiger partial charge in [-0.1, -0.05) is 31.5 Å². The zero-order valence-electron chi connectivity index (χ0n) is 26.0. The number of rotatable bonds is 7. The summed E-state index contributed by atoms with van der Waals surface area (Å²) in [6.07, 6.45) is 2.99. The fourth-order valence-corrected chi connectivity index (χ4v) is 7.77. The molecule has 0 saturated carbocycles. The number of benzene rings is 2. The summed E-state index contributed by atoms with van der Waals surface area (Å²) < 4.78 is 7.21. The fraction of sp³-hybridized carbons (Fsp3) is 0.353. The van der Waals surface area contributed by atoms with Crippen LogP contribution >= 0.6 is 23.8 Å². The van der Waals surface area contributed by atoms with Crippen LogP contribution in [0.5, 0.6) is 5.75 Å². The van der Waals surface area contributed by atoms with E-state index in [-0.39, 0.29) is 22.7 Å². The number of nitro benzene ring substituents is 1. The predicted molar refractivity (Wildman–Crippen MR) is 183 cm³/mol. The molecule has 0 amide bonds. The van der Waals surface area contributed by atoms with Gasteiger partial charge in [-0.3, -0.25) is 15.1 Å². The summed E-state index contributed by atoms with van der Waals surface area (Å²) >= 11 is 13.0. The van der Waals surface area contributed by atoms with Crippen LogP contribution in [0.2, 0.25) is 5.02 Å². The van der Waals surface area contributed by atoms with E-state index in [1.807, 2.05) is 42.7 Å². The van der Waals surface area contributed by atoms with Gasteiger partial charge < -0.3 is 24.4 Å². The van der Waals surface area contributed by atoms with Gasteiger partial charge in [-0.05, 0) is 98.4 Å². The summed E-state index contributed by atoms with van der Waals surface area (Å²) in [5.41, 5.74) is 5.85. The van der Waals surface area contributed by atoms with Gasteiger partial charge in [0.15, 0.2) is 5.11 Å². The third kappa shape index (κ3) is 5.73. The number of anilines is 2. The number of piperidine rings is 1. The molecule has 0 spiro atoms. The van der Waals surface area contributed by atoms with Gasteiger partial charge in [-0.2, -0.15) is 0 Å². The number of halogens is 1. The average Bonchev–Trinajstić information content (AvgIpc) is 3.51. The lowest BCUT2D eigenvalue weighted by atomic mass is 9.91. The molecular formula is C34H37ClN6O3S. The number of pyridine rings is 1. The Morgan fingerprint density at radius 1 is 1.04 bits per heavy atom. The largest absolute Gasteiger partial charge is 0.496 e. The molecule has 2 aliphatic rings. The molecule has 234 valence electrons. The van der Waals surface area contributed by atoms with Crippen LogP contribution in [-0.2, 0) is 0 Å². The number of nitro groups is 1. The van der Waals surface area contributed by atoms with Crippen molar-refractivity contribution in [2.24, 2.45) is 11.8 Å². The van der Waals surface area contributed by atoms with Crippen molar-refractivity contribution in [3.63, 3.8) is 0 Å². The second-order valence-corrected chi connectivity index (χ2v) is 13.1. The van der Waals surface area contributed by atoms with E-state index in [0.29, 0.717) is 33.4 Å². The Morgan fingerprint density at radius 3 is 2.42 bits per heavy atom. The quantitative estimate of drug-likeness (QED) is 0.124. The van der Waals surface area contributed by atoms with E-state index in [2.05, 4.69) is 52.1 Å². The summed E-state index contributed by atoms with van der Waals surface area (Å²) in [5, 5.41) is 16.9. The maximum Gasteiger partial charge on any atom is 0.296 e. The molecule has 9 nitrogen and oxygen atoms in total. The van der Waals surface area contributed by atoms with Crippen LogP contribution in [0.15, 0.2) is 66.9 Å². The Hall–Kier alpha value is -4.15. The maximum atomic E-state index is 12.2. The number of thiocarbonyl (C=S) groups is 1. The van der Waals surface area contributed by atoms with E-state index in [4.69, 9.17) is 28.6 Å². The van der Waals surface area contributed by atoms with E-state index < -0.39 is 0 Å². The van der Waals surface area contributed by atoms with Crippen molar-refractivity contribution in [2.45, 2.75) is 46.2 Å². The number of nitrogens with zero attached hydrogens (tertiary/aromatic N) is 5. The van der Waals surface area contributed by atoms with Crippen molar-refractivity contribution in [3.05, 3.63) is 105 Å². The first-order valence-corrected chi connectivity index (χ1v) is 15.9. The molecule has 4 aromatic rings. The third-order valence-electron chi connectivity index (χ3n) is 8.93. The smallest absolute Gasteiger partial charge is 0.296 e. The first-order chi connectivity index (χ1) is 21.6. The molecule has 2 aliphatic heterocycles. The van der Waals surface area contributed by atoms with Crippen molar-refractivity contribution in [1.82, 2.24) is 14.9 Å². The van der Waals surface area contributed by atoms with Gasteiger partial charge in [-0.25, -0.2) is 0 Å². The van der Waals surface area contributed by atoms with Crippen LogP contribution < -0.4 is 19.9 Å². The molecule has 0 radical (unpaired) electrons. The van der Waals surface area contributed by atoms with Crippen LogP contribution in [-0.4, -0.2) is 39.8 Å². The molecule has 2 aromatic carbocycles. The first-order valence-electron chi connectivity index (χ1n) is 15.1. The van der Waals surface area contributed by atoms with Crippen molar-refractivity contribution >= 4 is 46.0 Å². The molecule has 0 unspecified atom stereocenters. The second-order valence-electron chi connectivity index (χ2n) is 12.3. The summed E-state index contributed by atoms with van der Waals surface area (Å²) in [6, 6.07) is 18.4. The van der Waals surface area contributed by atoms with Gasteiger partial charge in [0, 0.05) is 36.4 Å². The van der Waals surface area contributed by atoms with Gasteiger partial charge in [-0.15, -0.1) is 0 Å². The standard InChI is InChI=1S/C34H37ClN6O3S/c1-20-14-21(2)19-38(18-20)29-11-9-24(16-27(29)35)40-33(32(37-34(40)45)28-8-6-7-13-36-28)26-15-22(3)39(23(26)4)30-12-10-25(44-5)17-31(30)41(42)43/h6-13,15-17,20-21,32-33H,14,18-19H2,1-5H3,(H,37,45)/t20-,21+,32-,33-/m1/s1. The summed E-state index contributed by atoms with van der Waals surface area (Å²) in [4.78, 5) is 20.9. The van der Waals surface area contributed by atoms with Gasteiger partial charge >= 0.3 is 0 Å². The molecule has 0 aliphatic carbocycles. The normalized spacial score (nSPS) is 21.6. The Balaban J connectivity index is 1.46. The van der Waals surface area contributed by atoms with Crippen LogP contribution in [0.3, 0.4) is 0 Å². The molecule has 0 bridgehead atoms. The summed E-state index contributed by atoms with van der Waals surface area (Å²) in [6.45, 7) is 10.5. The molecule has 2 saturated heterocycles. The SMILES string of the molecule is COc1ccc(-n2c(C)cc([C@@H]3[C@@H](c4ccccn4)NC(=S)N3c3ccc(N4C[C@H](C)C[C@H](C)C4)c(Cl)c3)c2C)c([N+](=O)[O-])c1. The highest BCUT2D eigenvalue weighted by molar-refractivity contribution is 7.80. The van der Waals surface area contributed by atoms with Crippen LogP contribution in [0.1, 0.15) is 55.0 Å². The Bertz CT molecular complexity index is 1750. The minimum atomic E-state index is -0.376. The molecule has 2 aromatic heterocycles. The highest BCUT2D eigenvalue weighted by Crippen LogP contribution is 2.46. The average molecular weight is 645 g/mol. The minimum absolute atomic E-state index is 0.0374. The van der Waals surface area contributed by atoms with E-state index in [0.717, 1.165) is 47.1 Å². The van der Waals surface area contributed by atoms with Gasteiger partial charge in [0.25, 0.3) is 5.69 Å². The number of nitrogens with one attached hydrogen (secondary N) is 1. The zero-order chi connectivity index (χ0) is 32.0. The van der Waals surface area contributed by atoms with Crippen molar-refractivity contribution < 1.29 is 9.66 Å². The molecular weight excluding hydrogens is 608 g/mol. The Labute approximate surface area is 273 Å². The zero-order valence-corrected chi connectivity index (χ0v) is 27.6. The topological polar surface area (TPSA) is 88.7 Å². The lowest BCUT2D eigenvalue weighted by Gasteiger charge is -2.37. The number of ether oxygens (including phenoxy) is 1. The van der Waals surface area contributed by atoms with Gasteiger partial charge in [0.1, 0.15) is 11.4 Å².